The maximum absolute atomic E-state index is 10.9. The highest BCUT2D eigenvalue weighted by Gasteiger charge is 2.08. The average Bonchev–Trinajstić information content (AvgIpc) is 2.46. The molecule has 110 valence electrons. The Bertz CT molecular complexity index is 605. The zero-order valence-electron chi connectivity index (χ0n) is 12.5. The van der Waals surface area contributed by atoms with E-state index in [2.05, 4.69) is 43.4 Å². The zero-order valence-corrected chi connectivity index (χ0v) is 12.5. The molecule has 0 aliphatic heterocycles. The second-order valence-electron chi connectivity index (χ2n) is 5.35. The van der Waals surface area contributed by atoms with Gasteiger partial charge in [0.2, 0.25) is 0 Å². The minimum absolute atomic E-state index is 0.0662. The second kappa shape index (κ2) is 7.04. The molecular formula is C18H21NO2. The highest BCUT2D eigenvalue weighted by Crippen LogP contribution is 2.15. The van der Waals surface area contributed by atoms with Crippen molar-refractivity contribution in [3.63, 3.8) is 0 Å². The van der Waals surface area contributed by atoms with Crippen molar-refractivity contribution in [1.29, 1.82) is 0 Å². The average molecular weight is 283 g/mol. The zero-order chi connectivity index (χ0) is 15.2. The molecule has 0 spiro atoms. The van der Waals surface area contributed by atoms with E-state index in [-0.39, 0.29) is 12.5 Å². The van der Waals surface area contributed by atoms with E-state index in [1.807, 2.05) is 24.3 Å². The highest BCUT2D eigenvalue weighted by atomic mass is 16.4. The number of carbonyl (C=O) groups is 1. The third-order valence-corrected chi connectivity index (χ3v) is 3.64. The summed E-state index contributed by atoms with van der Waals surface area (Å²) in [5.41, 5.74) is 4.39. The van der Waals surface area contributed by atoms with Crippen LogP contribution in [0.2, 0.25) is 0 Å². The first-order valence-corrected chi connectivity index (χ1v) is 7.15. The van der Waals surface area contributed by atoms with Crippen LogP contribution in [-0.2, 0) is 17.8 Å². The molecule has 0 amide bonds. The Morgan fingerprint density at radius 1 is 1.10 bits per heavy atom. The number of nitrogens with one attached hydrogen (secondary N) is 1. The molecular weight excluding hydrogens is 262 g/mol. The van der Waals surface area contributed by atoms with Crippen LogP contribution in [0.3, 0.4) is 0 Å². The summed E-state index contributed by atoms with van der Waals surface area (Å²) < 4.78 is 0. The first kappa shape index (κ1) is 15.3. The predicted octanol–water partition coefficient (Wildman–Crippen LogP) is 3.47. The predicted molar refractivity (Wildman–Crippen MR) is 84.2 cm³/mol. The Hall–Kier alpha value is -2.13. The number of benzene rings is 2. The number of rotatable bonds is 6. The topological polar surface area (TPSA) is 49.3 Å². The minimum atomic E-state index is -0.797. The fourth-order valence-corrected chi connectivity index (χ4v) is 2.30. The van der Waals surface area contributed by atoms with E-state index in [1.54, 1.807) is 0 Å². The van der Waals surface area contributed by atoms with Crippen molar-refractivity contribution in [1.82, 2.24) is 5.32 Å². The van der Waals surface area contributed by atoms with Gasteiger partial charge < -0.3 is 10.4 Å². The number of aryl methyl sites for hydroxylation is 1. The van der Waals surface area contributed by atoms with Crippen molar-refractivity contribution in [2.75, 3.05) is 0 Å². The molecule has 3 heteroatoms. The number of hydrogen-bond acceptors (Lipinski definition) is 2. The summed E-state index contributed by atoms with van der Waals surface area (Å²) in [5, 5.41) is 12.4. The molecule has 0 aromatic heterocycles. The van der Waals surface area contributed by atoms with Gasteiger partial charge in [-0.15, -0.1) is 0 Å². The van der Waals surface area contributed by atoms with Crippen molar-refractivity contribution in [2.24, 2.45) is 0 Å². The number of carboxylic acids is 1. The van der Waals surface area contributed by atoms with E-state index in [0.29, 0.717) is 6.54 Å². The van der Waals surface area contributed by atoms with Gasteiger partial charge in [0.25, 0.3) is 0 Å². The van der Waals surface area contributed by atoms with Crippen LogP contribution in [0.25, 0.3) is 0 Å². The standard InChI is InChI=1S/C18H21NO2/c1-13-7-9-15(10-8-13)14(2)19-12-17-6-4-3-5-16(17)11-18(20)21/h3-10,14,19H,11-12H2,1-2H3,(H,20,21)/t14-/m0/s1. The highest BCUT2D eigenvalue weighted by molar-refractivity contribution is 5.70. The molecule has 0 aliphatic carbocycles. The summed E-state index contributed by atoms with van der Waals surface area (Å²) in [6.45, 7) is 4.85. The van der Waals surface area contributed by atoms with Crippen LogP contribution in [0.5, 0.6) is 0 Å². The summed E-state index contributed by atoms with van der Waals surface area (Å²) in [5.74, 6) is -0.797. The molecule has 0 saturated heterocycles. The Morgan fingerprint density at radius 3 is 2.33 bits per heavy atom. The van der Waals surface area contributed by atoms with E-state index >= 15 is 0 Å². The smallest absolute Gasteiger partial charge is 0.307 e. The van der Waals surface area contributed by atoms with Crippen molar-refractivity contribution >= 4 is 5.97 Å². The molecule has 2 N–H and O–H groups in total. The van der Waals surface area contributed by atoms with Crippen LogP contribution in [-0.4, -0.2) is 11.1 Å². The largest absolute Gasteiger partial charge is 0.481 e. The van der Waals surface area contributed by atoms with E-state index in [1.165, 1.54) is 11.1 Å². The van der Waals surface area contributed by atoms with Gasteiger partial charge in [0, 0.05) is 12.6 Å². The molecule has 0 bridgehead atoms. The van der Waals surface area contributed by atoms with Gasteiger partial charge in [-0.25, -0.2) is 0 Å². The third-order valence-electron chi connectivity index (χ3n) is 3.64. The number of aliphatic carboxylic acids is 1. The lowest BCUT2D eigenvalue weighted by molar-refractivity contribution is -0.136. The number of carboxylic acid groups (broad SMARTS) is 1. The van der Waals surface area contributed by atoms with Gasteiger partial charge in [-0.3, -0.25) is 4.79 Å². The van der Waals surface area contributed by atoms with E-state index in [4.69, 9.17) is 5.11 Å². The van der Waals surface area contributed by atoms with Gasteiger partial charge in [-0.05, 0) is 30.5 Å². The van der Waals surface area contributed by atoms with E-state index < -0.39 is 5.97 Å². The van der Waals surface area contributed by atoms with Crippen LogP contribution < -0.4 is 5.32 Å². The molecule has 21 heavy (non-hydrogen) atoms. The van der Waals surface area contributed by atoms with Crippen molar-refractivity contribution in [2.45, 2.75) is 32.9 Å². The summed E-state index contributed by atoms with van der Waals surface area (Å²) in [6.07, 6.45) is 0.0662. The summed E-state index contributed by atoms with van der Waals surface area (Å²) in [4.78, 5) is 10.9. The molecule has 2 aromatic rings. The molecule has 0 saturated carbocycles. The lowest BCUT2D eigenvalue weighted by Gasteiger charge is -2.16. The SMILES string of the molecule is Cc1ccc([C@H](C)NCc2ccccc2CC(=O)O)cc1. The molecule has 0 heterocycles. The van der Waals surface area contributed by atoms with Gasteiger partial charge in [0.05, 0.1) is 6.42 Å². The van der Waals surface area contributed by atoms with Gasteiger partial charge in [0.1, 0.15) is 0 Å². The van der Waals surface area contributed by atoms with Crippen molar-refractivity contribution in [3.8, 4) is 0 Å². The van der Waals surface area contributed by atoms with Crippen LogP contribution >= 0.6 is 0 Å². The Kier molecular flexibility index (Phi) is 5.12. The minimum Gasteiger partial charge on any atom is -0.481 e. The van der Waals surface area contributed by atoms with Crippen LogP contribution in [0.4, 0.5) is 0 Å². The quantitative estimate of drug-likeness (QED) is 0.853. The molecule has 3 nitrogen and oxygen atoms in total. The lowest BCUT2D eigenvalue weighted by atomic mass is 10.0. The summed E-state index contributed by atoms with van der Waals surface area (Å²) in [6, 6.07) is 16.4. The fourth-order valence-electron chi connectivity index (χ4n) is 2.30. The first-order chi connectivity index (χ1) is 10.1. The van der Waals surface area contributed by atoms with Crippen molar-refractivity contribution < 1.29 is 9.90 Å². The third kappa shape index (κ3) is 4.43. The maximum atomic E-state index is 10.9. The molecule has 0 radical (unpaired) electrons. The van der Waals surface area contributed by atoms with Crippen LogP contribution in [0.1, 0.15) is 35.2 Å². The monoisotopic (exact) mass is 283 g/mol. The van der Waals surface area contributed by atoms with E-state index in [0.717, 1.165) is 11.1 Å². The summed E-state index contributed by atoms with van der Waals surface area (Å²) >= 11 is 0. The molecule has 0 aliphatic rings. The van der Waals surface area contributed by atoms with Gasteiger partial charge >= 0.3 is 5.97 Å². The second-order valence-corrected chi connectivity index (χ2v) is 5.35. The normalized spacial score (nSPS) is 12.1. The van der Waals surface area contributed by atoms with Crippen LogP contribution in [0, 0.1) is 6.92 Å². The molecule has 1 atom stereocenters. The number of hydrogen-bond donors (Lipinski definition) is 2. The molecule has 0 fully saturated rings. The first-order valence-electron chi connectivity index (χ1n) is 7.15. The Balaban J connectivity index is 2.02. The molecule has 2 rings (SSSR count). The fraction of sp³-hybridized carbons (Fsp3) is 0.278. The van der Waals surface area contributed by atoms with Crippen LogP contribution in [0.15, 0.2) is 48.5 Å². The van der Waals surface area contributed by atoms with Gasteiger partial charge in [0.15, 0.2) is 0 Å². The molecule has 2 aromatic carbocycles. The molecule has 0 unspecified atom stereocenters. The lowest BCUT2D eigenvalue weighted by Crippen LogP contribution is -2.19. The van der Waals surface area contributed by atoms with Gasteiger partial charge in [-0.2, -0.15) is 0 Å². The Morgan fingerprint density at radius 2 is 1.71 bits per heavy atom. The maximum Gasteiger partial charge on any atom is 0.307 e. The van der Waals surface area contributed by atoms with Gasteiger partial charge in [-0.1, -0.05) is 54.1 Å². The Labute approximate surface area is 125 Å². The van der Waals surface area contributed by atoms with Crippen molar-refractivity contribution in [3.05, 3.63) is 70.8 Å². The summed E-state index contributed by atoms with van der Waals surface area (Å²) in [7, 11) is 0. The van der Waals surface area contributed by atoms with E-state index in [9.17, 15) is 4.79 Å².